The van der Waals surface area contributed by atoms with Gasteiger partial charge in [0.05, 0.1) is 4.90 Å². The van der Waals surface area contributed by atoms with Crippen LogP contribution < -0.4 is 5.73 Å². The van der Waals surface area contributed by atoms with Crippen molar-refractivity contribution in [3.63, 3.8) is 0 Å². The highest BCUT2D eigenvalue weighted by molar-refractivity contribution is 7.89. The summed E-state index contributed by atoms with van der Waals surface area (Å²) in [6.45, 7) is 4.73. The monoisotopic (exact) mass is 297 g/mol. The van der Waals surface area contributed by atoms with Crippen LogP contribution >= 0.6 is 0 Å². The first-order valence-electron chi connectivity index (χ1n) is 6.80. The fraction of sp³-hybridized carbons (Fsp3) is 0.571. The smallest absolute Gasteiger partial charge is 0.242 e. The van der Waals surface area contributed by atoms with Crippen molar-refractivity contribution < 1.29 is 8.42 Å². The molecule has 2 unspecified atom stereocenters. The first-order chi connectivity index (χ1) is 9.30. The zero-order valence-corrected chi connectivity index (χ0v) is 13.1. The van der Waals surface area contributed by atoms with E-state index in [9.17, 15) is 8.42 Å². The predicted molar refractivity (Wildman–Crippen MR) is 79.7 cm³/mol. The second-order valence-electron chi connectivity index (χ2n) is 5.77. The second-order valence-corrected chi connectivity index (χ2v) is 7.92. The molecule has 1 aliphatic rings. The van der Waals surface area contributed by atoms with E-state index in [4.69, 9.17) is 5.73 Å². The van der Waals surface area contributed by atoms with Gasteiger partial charge in [0, 0.05) is 39.8 Å². The Balaban J connectivity index is 2.15. The molecule has 1 heterocycles. The van der Waals surface area contributed by atoms with Crippen molar-refractivity contribution in [1.82, 2.24) is 9.21 Å². The molecular formula is C14H23N3O2S. The molecule has 112 valence electrons. The molecule has 0 amide bonds. The fourth-order valence-corrected chi connectivity index (χ4v) is 3.47. The minimum Gasteiger partial charge on any atom is -0.326 e. The van der Waals surface area contributed by atoms with E-state index >= 15 is 0 Å². The molecule has 2 rings (SSSR count). The van der Waals surface area contributed by atoms with E-state index in [0.29, 0.717) is 10.8 Å². The zero-order chi connectivity index (χ0) is 14.9. The molecule has 6 heteroatoms. The number of rotatable bonds is 4. The summed E-state index contributed by atoms with van der Waals surface area (Å²) in [6.07, 6.45) is 0. The highest BCUT2D eigenvalue weighted by Crippen LogP contribution is 2.20. The molecule has 0 radical (unpaired) electrons. The van der Waals surface area contributed by atoms with E-state index in [1.54, 1.807) is 32.3 Å². The van der Waals surface area contributed by atoms with E-state index in [0.717, 1.165) is 25.2 Å². The van der Waals surface area contributed by atoms with Gasteiger partial charge in [-0.15, -0.1) is 0 Å². The Bertz CT molecular complexity index is 562. The first-order valence-corrected chi connectivity index (χ1v) is 8.24. The van der Waals surface area contributed by atoms with Gasteiger partial charge in [0.1, 0.15) is 0 Å². The Labute approximate surface area is 121 Å². The molecule has 1 aliphatic heterocycles. The molecule has 5 nitrogen and oxygen atoms in total. The lowest BCUT2D eigenvalue weighted by molar-refractivity contribution is 0.318. The van der Waals surface area contributed by atoms with Crippen LogP contribution in [0, 0.1) is 5.92 Å². The van der Waals surface area contributed by atoms with Crippen molar-refractivity contribution in [3.8, 4) is 0 Å². The van der Waals surface area contributed by atoms with Gasteiger partial charge in [-0.25, -0.2) is 12.7 Å². The van der Waals surface area contributed by atoms with E-state index in [-0.39, 0.29) is 6.04 Å². The Morgan fingerprint density at radius 3 is 2.60 bits per heavy atom. The van der Waals surface area contributed by atoms with Gasteiger partial charge < -0.3 is 5.73 Å². The molecular weight excluding hydrogens is 274 g/mol. The molecule has 1 aromatic carbocycles. The molecule has 1 aromatic rings. The highest BCUT2D eigenvalue weighted by atomic mass is 32.2. The molecule has 0 spiro atoms. The number of likely N-dealkylation sites (tertiary alicyclic amines) is 1. The van der Waals surface area contributed by atoms with Gasteiger partial charge in [-0.05, 0) is 23.6 Å². The van der Waals surface area contributed by atoms with Gasteiger partial charge in [-0.2, -0.15) is 0 Å². The summed E-state index contributed by atoms with van der Waals surface area (Å²) >= 11 is 0. The van der Waals surface area contributed by atoms with Crippen molar-refractivity contribution in [3.05, 3.63) is 29.8 Å². The Morgan fingerprint density at radius 2 is 2.05 bits per heavy atom. The summed E-state index contributed by atoms with van der Waals surface area (Å²) < 4.78 is 25.5. The van der Waals surface area contributed by atoms with Gasteiger partial charge in [0.2, 0.25) is 10.0 Å². The number of hydrogen-bond donors (Lipinski definition) is 1. The van der Waals surface area contributed by atoms with Gasteiger partial charge in [0.25, 0.3) is 0 Å². The molecule has 0 saturated carbocycles. The van der Waals surface area contributed by atoms with Crippen LogP contribution in [0.15, 0.2) is 29.2 Å². The SMILES string of the molecule is CC1CN(Cc2cccc(S(=O)(=O)N(C)C)c2)CC1N. The van der Waals surface area contributed by atoms with Gasteiger partial charge >= 0.3 is 0 Å². The molecule has 0 aliphatic carbocycles. The molecule has 1 saturated heterocycles. The normalized spacial score (nSPS) is 24.4. The van der Waals surface area contributed by atoms with Gasteiger partial charge in [-0.1, -0.05) is 19.1 Å². The third kappa shape index (κ3) is 3.20. The van der Waals surface area contributed by atoms with E-state index < -0.39 is 10.0 Å². The van der Waals surface area contributed by atoms with Crippen LogP contribution in [0.5, 0.6) is 0 Å². The molecule has 0 bridgehead atoms. The van der Waals surface area contributed by atoms with Gasteiger partial charge in [0.15, 0.2) is 0 Å². The minimum absolute atomic E-state index is 0.212. The molecule has 0 aromatic heterocycles. The maximum Gasteiger partial charge on any atom is 0.242 e. The summed E-state index contributed by atoms with van der Waals surface area (Å²) in [5, 5.41) is 0. The fourth-order valence-electron chi connectivity index (χ4n) is 2.50. The Kier molecular flexibility index (Phi) is 4.49. The second kappa shape index (κ2) is 5.81. The van der Waals surface area contributed by atoms with Crippen molar-refractivity contribution in [1.29, 1.82) is 0 Å². The summed E-state index contributed by atoms with van der Waals surface area (Å²) in [6, 6.07) is 7.36. The lowest BCUT2D eigenvalue weighted by Gasteiger charge is -2.17. The molecule has 20 heavy (non-hydrogen) atoms. The van der Waals surface area contributed by atoms with E-state index in [1.807, 2.05) is 6.07 Å². The summed E-state index contributed by atoms with van der Waals surface area (Å²) in [4.78, 5) is 2.62. The lowest BCUT2D eigenvalue weighted by Crippen LogP contribution is -2.28. The average molecular weight is 297 g/mol. The molecule has 2 N–H and O–H groups in total. The number of hydrogen-bond acceptors (Lipinski definition) is 4. The lowest BCUT2D eigenvalue weighted by atomic mass is 10.1. The minimum atomic E-state index is -3.36. The van der Waals surface area contributed by atoms with Crippen LogP contribution in [-0.4, -0.2) is 50.8 Å². The zero-order valence-electron chi connectivity index (χ0n) is 12.3. The summed E-state index contributed by atoms with van der Waals surface area (Å²) in [5.41, 5.74) is 7.03. The molecule has 1 fully saturated rings. The third-order valence-corrected chi connectivity index (χ3v) is 5.64. The van der Waals surface area contributed by atoms with E-state index in [2.05, 4.69) is 11.8 Å². The number of nitrogens with two attached hydrogens (primary N) is 1. The van der Waals surface area contributed by atoms with Crippen molar-refractivity contribution >= 4 is 10.0 Å². The van der Waals surface area contributed by atoms with Crippen molar-refractivity contribution in [2.75, 3.05) is 27.2 Å². The summed E-state index contributed by atoms with van der Waals surface area (Å²) in [5.74, 6) is 0.490. The Morgan fingerprint density at radius 1 is 1.35 bits per heavy atom. The first kappa shape index (κ1) is 15.4. The molecule has 2 atom stereocenters. The van der Waals surface area contributed by atoms with Crippen LogP contribution in [0.1, 0.15) is 12.5 Å². The van der Waals surface area contributed by atoms with Crippen molar-refractivity contribution in [2.24, 2.45) is 11.7 Å². The van der Waals surface area contributed by atoms with Crippen LogP contribution in [0.2, 0.25) is 0 Å². The topological polar surface area (TPSA) is 66.6 Å². The predicted octanol–water partition coefficient (Wildman–Crippen LogP) is 0.716. The number of sulfonamides is 1. The summed E-state index contributed by atoms with van der Waals surface area (Å²) in [7, 11) is -0.275. The Hall–Kier alpha value is -0.950. The number of benzene rings is 1. The van der Waals surface area contributed by atoms with E-state index in [1.165, 1.54) is 4.31 Å². The van der Waals surface area contributed by atoms with Crippen LogP contribution in [0.3, 0.4) is 0 Å². The standard InChI is InChI=1S/C14H23N3O2S/c1-11-8-17(10-14(11)15)9-12-5-4-6-13(7-12)20(18,19)16(2)3/h4-7,11,14H,8-10,15H2,1-3H3. The quantitative estimate of drug-likeness (QED) is 0.889. The largest absolute Gasteiger partial charge is 0.326 e. The van der Waals surface area contributed by atoms with Crippen LogP contribution in [-0.2, 0) is 16.6 Å². The maximum absolute atomic E-state index is 12.1. The van der Waals surface area contributed by atoms with Crippen LogP contribution in [0.25, 0.3) is 0 Å². The average Bonchev–Trinajstić information content (AvgIpc) is 2.68. The third-order valence-electron chi connectivity index (χ3n) is 3.83. The number of nitrogens with zero attached hydrogens (tertiary/aromatic N) is 2. The van der Waals surface area contributed by atoms with Crippen molar-refractivity contribution in [2.45, 2.75) is 24.4 Å². The van der Waals surface area contributed by atoms with Crippen LogP contribution in [0.4, 0.5) is 0 Å². The highest BCUT2D eigenvalue weighted by Gasteiger charge is 2.26. The maximum atomic E-state index is 12.1. The van der Waals surface area contributed by atoms with Gasteiger partial charge in [-0.3, -0.25) is 4.90 Å².